The van der Waals surface area contributed by atoms with Crippen molar-refractivity contribution in [1.82, 2.24) is 19.6 Å². The van der Waals surface area contributed by atoms with E-state index in [0.717, 1.165) is 6.42 Å². The van der Waals surface area contributed by atoms with E-state index in [0.29, 0.717) is 31.7 Å². The molecular formula is C12H18N4O3. The molecule has 0 spiro atoms. The predicted octanol–water partition coefficient (Wildman–Crippen LogP) is -0.347. The topological polar surface area (TPSA) is 78.7 Å². The minimum atomic E-state index is -0.827. The molecule has 1 fully saturated rings. The number of rotatable bonds is 3. The molecule has 7 nitrogen and oxygen atoms in total. The van der Waals surface area contributed by atoms with Crippen molar-refractivity contribution in [3.8, 4) is 0 Å². The van der Waals surface area contributed by atoms with Gasteiger partial charge in [0.1, 0.15) is 0 Å². The molecule has 2 heterocycles. The molecule has 0 aromatic carbocycles. The third kappa shape index (κ3) is 3.54. The number of amides is 1. The van der Waals surface area contributed by atoms with E-state index in [9.17, 15) is 9.59 Å². The van der Waals surface area contributed by atoms with E-state index in [4.69, 9.17) is 5.11 Å². The van der Waals surface area contributed by atoms with Gasteiger partial charge in [0.2, 0.25) is 0 Å². The van der Waals surface area contributed by atoms with E-state index >= 15 is 0 Å². The van der Waals surface area contributed by atoms with E-state index in [1.807, 2.05) is 4.90 Å². The van der Waals surface area contributed by atoms with Gasteiger partial charge in [-0.1, -0.05) is 0 Å². The van der Waals surface area contributed by atoms with Crippen molar-refractivity contribution in [2.75, 3.05) is 32.7 Å². The van der Waals surface area contributed by atoms with Gasteiger partial charge in [0.15, 0.2) is 0 Å². The lowest BCUT2D eigenvalue weighted by Crippen LogP contribution is -2.36. The summed E-state index contributed by atoms with van der Waals surface area (Å²) in [5.74, 6) is -0.864. The molecular weight excluding hydrogens is 248 g/mol. The fourth-order valence-electron chi connectivity index (χ4n) is 2.24. The van der Waals surface area contributed by atoms with Crippen LogP contribution in [-0.4, -0.2) is 69.3 Å². The number of hydrogen-bond donors (Lipinski definition) is 1. The lowest BCUT2D eigenvalue weighted by molar-refractivity contribution is -0.138. The Labute approximate surface area is 111 Å². The highest BCUT2D eigenvalue weighted by Crippen LogP contribution is 2.08. The molecule has 1 N–H and O–H groups in total. The standard InChI is InChI=1S/C12H18N4O3/c1-14-8-10(7-13-14)12(19)16-4-2-3-15(5-6-16)9-11(17)18/h7-8H,2-6,9H2,1H3,(H,17,18). The third-order valence-electron chi connectivity index (χ3n) is 3.19. The second-order valence-corrected chi connectivity index (χ2v) is 4.72. The zero-order valence-corrected chi connectivity index (χ0v) is 10.9. The van der Waals surface area contributed by atoms with Crippen molar-refractivity contribution in [1.29, 1.82) is 0 Å². The number of carbonyl (C=O) groups excluding carboxylic acids is 1. The molecule has 1 saturated heterocycles. The van der Waals surface area contributed by atoms with Crippen molar-refractivity contribution in [3.05, 3.63) is 18.0 Å². The minimum absolute atomic E-state index is 0.0366. The molecule has 1 amide bonds. The summed E-state index contributed by atoms with van der Waals surface area (Å²) in [6.45, 7) is 2.56. The predicted molar refractivity (Wildman–Crippen MR) is 67.8 cm³/mol. The van der Waals surface area contributed by atoms with Crippen LogP contribution in [0.25, 0.3) is 0 Å². The van der Waals surface area contributed by atoms with Crippen LogP contribution in [0.3, 0.4) is 0 Å². The van der Waals surface area contributed by atoms with Gasteiger partial charge < -0.3 is 10.0 Å². The van der Waals surface area contributed by atoms with Crippen molar-refractivity contribution in [3.63, 3.8) is 0 Å². The van der Waals surface area contributed by atoms with Gasteiger partial charge in [-0.25, -0.2) is 0 Å². The Morgan fingerprint density at radius 2 is 2.11 bits per heavy atom. The quantitative estimate of drug-likeness (QED) is 0.809. The number of nitrogens with zero attached hydrogens (tertiary/aromatic N) is 4. The summed E-state index contributed by atoms with van der Waals surface area (Å²) in [5.41, 5.74) is 0.578. The summed E-state index contributed by atoms with van der Waals surface area (Å²) >= 11 is 0. The van der Waals surface area contributed by atoms with Crippen LogP contribution in [0.15, 0.2) is 12.4 Å². The lowest BCUT2D eigenvalue weighted by Gasteiger charge is -2.20. The Kier molecular flexibility index (Phi) is 4.16. The zero-order chi connectivity index (χ0) is 13.8. The first-order valence-electron chi connectivity index (χ1n) is 6.28. The number of aromatic nitrogens is 2. The second kappa shape index (κ2) is 5.83. The van der Waals surface area contributed by atoms with Gasteiger partial charge >= 0.3 is 5.97 Å². The number of aryl methyl sites for hydroxylation is 1. The van der Waals surface area contributed by atoms with E-state index in [1.54, 1.807) is 29.0 Å². The van der Waals surface area contributed by atoms with E-state index in [2.05, 4.69) is 5.10 Å². The van der Waals surface area contributed by atoms with Crippen molar-refractivity contribution in [2.24, 2.45) is 7.05 Å². The minimum Gasteiger partial charge on any atom is -0.480 e. The molecule has 7 heteroatoms. The SMILES string of the molecule is Cn1cc(C(=O)N2CCCN(CC(=O)O)CC2)cn1. The Morgan fingerprint density at radius 1 is 1.32 bits per heavy atom. The molecule has 0 saturated carbocycles. The molecule has 1 aromatic rings. The van der Waals surface area contributed by atoms with E-state index < -0.39 is 5.97 Å². The summed E-state index contributed by atoms with van der Waals surface area (Å²) in [6.07, 6.45) is 4.05. The monoisotopic (exact) mass is 266 g/mol. The van der Waals surface area contributed by atoms with Crippen LogP contribution in [0.5, 0.6) is 0 Å². The van der Waals surface area contributed by atoms with Crippen LogP contribution in [0, 0.1) is 0 Å². The summed E-state index contributed by atoms with van der Waals surface area (Å²) < 4.78 is 1.60. The number of carboxylic acid groups (broad SMARTS) is 1. The Balaban J connectivity index is 1.95. The number of aliphatic carboxylic acids is 1. The van der Waals surface area contributed by atoms with Crippen molar-refractivity contribution in [2.45, 2.75) is 6.42 Å². The third-order valence-corrected chi connectivity index (χ3v) is 3.19. The summed E-state index contributed by atoms with van der Waals surface area (Å²) in [7, 11) is 1.77. The lowest BCUT2D eigenvalue weighted by atomic mass is 10.3. The molecule has 104 valence electrons. The second-order valence-electron chi connectivity index (χ2n) is 4.72. The summed E-state index contributed by atoms with van der Waals surface area (Å²) in [5, 5.41) is 12.8. The molecule has 0 radical (unpaired) electrons. The molecule has 1 aliphatic rings. The first-order chi connectivity index (χ1) is 9.06. The maximum atomic E-state index is 12.2. The fraction of sp³-hybridized carbons (Fsp3) is 0.583. The molecule has 0 unspecified atom stereocenters. The molecule has 0 bridgehead atoms. The zero-order valence-electron chi connectivity index (χ0n) is 10.9. The molecule has 1 aromatic heterocycles. The normalized spacial score (nSPS) is 17.2. The number of carbonyl (C=O) groups is 2. The first-order valence-corrected chi connectivity index (χ1v) is 6.28. The maximum absolute atomic E-state index is 12.2. The Bertz CT molecular complexity index is 471. The maximum Gasteiger partial charge on any atom is 0.317 e. The van der Waals surface area contributed by atoms with Crippen molar-refractivity contribution < 1.29 is 14.7 Å². The smallest absolute Gasteiger partial charge is 0.317 e. The van der Waals surface area contributed by atoms with Crippen LogP contribution in [-0.2, 0) is 11.8 Å². The van der Waals surface area contributed by atoms with Crippen LogP contribution in [0.2, 0.25) is 0 Å². The van der Waals surface area contributed by atoms with Crippen molar-refractivity contribution >= 4 is 11.9 Å². The summed E-state index contributed by atoms with van der Waals surface area (Å²) in [6, 6.07) is 0. The van der Waals surface area contributed by atoms with Gasteiger partial charge in [-0.2, -0.15) is 5.10 Å². The highest BCUT2D eigenvalue weighted by Gasteiger charge is 2.21. The van der Waals surface area contributed by atoms with Crippen LogP contribution < -0.4 is 0 Å². The van der Waals surface area contributed by atoms with Gasteiger partial charge in [-0.3, -0.25) is 19.2 Å². The molecule has 1 aliphatic heterocycles. The molecule has 0 aliphatic carbocycles. The van der Waals surface area contributed by atoms with Gasteiger partial charge in [-0.05, 0) is 6.42 Å². The fourth-order valence-corrected chi connectivity index (χ4v) is 2.24. The number of hydrogen-bond acceptors (Lipinski definition) is 4. The van der Waals surface area contributed by atoms with Gasteiger partial charge in [0, 0.05) is 39.4 Å². The van der Waals surface area contributed by atoms with Crippen LogP contribution >= 0.6 is 0 Å². The molecule has 2 rings (SSSR count). The van der Waals surface area contributed by atoms with Gasteiger partial charge in [-0.15, -0.1) is 0 Å². The molecule has 0 atom stereocenters. The van der Waals surface area contributed by atoms with Gasteiger partial charge in [0.05, 0.1) is 18.3 Å². The first kappa shape index (κ1) is 13.5. The Hall–Kier alpha value is -1.89. The average Bonchev–Trinajstić information content (AvgIpc) is 2.65. The highest BCUT2D eigenvalue weighted by atomic mass is 16.4. The molecule has 19 heavy (non-hydrogen) atoms. The average molecular weight is 266 g/mol. The summed E-state index contributed by atoms with van der Waals surface area (Å²) in [4.78, 5) is 26.5. The number of carboxylic acids is 1. The highest BCUT2D eigenvalue weighted by molar-refractivity contribution is 5.93. The van der Waals surface area contributed by atoms with Crippen LogP contribution in [0.4, 0.5) is 0 Å². The van der Waals surface area contributed by atoms with E-state index in [1.165, 1.54) is 0 Å². The van der Waals surface area contributed by atoms with Crippen LogP contribution in [0.1, 0.15) is 16.8 Å². The van der Waals surface area contributed by atoms with E-state index in [-0.39, 0.29) is 12.5 Å². The Morgan fingerprint density at radius 3 is 2.74 bits per heavy atom. The largest absolute Gasteiger partial charge is 0.480 e. The van der Waals surface area contributed by atoms with Gasteiger partial charge in [0.25, 0.3) is 5.91 Å².